The fourth-order valence-electron chi connectivity index (χ4n) is 10.9. The number of carboxylic acid groups (broad SMARTS) is 1. The Labute approximate surface area is 216 Å². The summed E-state index contributed by atoms with van der Waals surface area (Å²) in [6.45, 7) is 14.5. The predicted molar refractivity (Wildman–Crippen MR) is 137 cm³/mol. The molecule has 0 amide bonds. The third-order valence-corrected chi connectivity index (χ3v) is 13.5. The normalized spacial score (nSPS) is 58.0. The first kappa shape index (κ1) is 26.6. The maximum atomic E-state index is 12.8. The molecular formula is C30H48O6. The van der Waals surface area contributed by atoms with Crippen molar-refractivity contribution in [2.75, 3.05) is 0 Å². The molecule has 0 unspecified atom stereocenters. The molecule has 0 aromatic rings. The molecule has 6 heteroatoms. The third-order valence-electron chi connectivity index (χ3n) is 13.5. The standard InChI is InChI=1S/C30H48O6/c1-16-10-11-30(24(34)35)13-12-27(5)17(22(30)29(16,7)36)8-9-19-26(4)15-18(31)23(33)25(2,3)20(26)14-21(32)28(19,27)6/h8,16,18-23,31-33,36H,9-15H2,1-7H3,(H,34,35)/t16-,18+,19-,20+,21+,22-,23-,26-,27-,28+,29-,30+/m1/s1. The van der Waals surface area contributed by atoms with Gasteiger partial charge in [0.05, 0.1) is 29.3 Å². The molecule has 12 atom stereocenters. The minimum absolute atomic E-state index is 0.0160. The van der Waals surface area contributed by atoms with Crippen molar-refractivity contribution in [3.8, 4) is 0 Å². The Morgan fingerprint density at radius 3 is 2.22 bits per heavy atom. The molecule has 5 rings (SSSR count). The van der Waals surface area contributed by atoms with E-state index in [1.54, 1.807) is 0 Å². The second kappa shape index (κ2) is 7.58. The molecule has 5 aliphatic rings. The lowest BCUT2D eigenvalue weighted by molar-refractivity contribution is -0.266. The number of carbonyl (C=O) groups is 1. The van der Waals surface area contributed by atoms with Gasteiger partial charge in [0.15, 0.2) is 0 Å². The van der Waals surface area contributed by atoms with Gasteiger partial charge in [-0.15, -0.1) is 0 Å². The highest BCUT2D eigenvalue weighted by Gasteiger charge is 2.73. The van der Waals surface area contributed by atoms with Gasteiger partial charge in [0.2, 0.25) is 0 Å². The van der Waals surface area contributed by atoms with E-state index in [0.29, 0.717) is 44.9 Å². The number of hydrogen-bond donors (Lipinski definition) is 5. The number of fused-ring (bicyclic) bond motifs is 7. The predicted octanol–water partition coefficient (Wildman–Crippen LogP) is 4.15. The van der Waals surface area contributed by atoms with Crippen LogP contribution in [0.1, 0.15) is 93.4 Å². The topological polar surface area (TPSA) is 118 Å². The van der Waals surface area contributed by atoms with Crippen molar-refractivity contribution in [1.29, 1.82) is 0 Å². The zero-order valence-corrected chi connectivity index (χ0v) is 23.2. The van der Waals surface area contributed by atoms with Crippen LogP contribution in [0.5, 0.6) is 0 Å². The van der Waals surface area contributed by atoms with Crippen molar-refractivity contribution >= 4 is 5.97 Å². The van der Waals surface area contributed by atoms with Crippen LogP contribution in [-0.2, 0) is 4.79 Å². The lowest BCUT2D eigenvalue weighted by atomic mass is 9.32. The van der Waals surface area contributed by atoms with Crippen molar-refractivity contribution in [2.45, 2.75) is 117 Å². The summed E-state index contributed by atoms with van der Waals surface area (Å²) >= 11 is 0. The van der Waals surface area contributed by atoms with Crippen LogP contribution in [0.2, 0.25) is 0 Å². The monoisotopic (exact) mass is 504 g/mol. The van der Waals surface area contributed by atoms with Crippen molar-refractivity contribution in [3.05, 3.63) is 11.6 Å². The Balaban J connectivity index is 1.68. The van der Waals surface area contributed by atoms with Gasteiger partial charge in [0.25, 0.3) is 0 Å². The first-order valence-corrected chi connectivity index (χ1v) is 14.1. The molecule has 6 nitrogen and oxygen atoms in total. The Morgan fingerprint density at radius 2 is 1.61 bits per heavy atom. The van der Waals surface area contributed by atoms with Crippen LogP contribution in [0, 0.1) is 50.7 Å². The largest absolute Gasteiger partial charge is 0.481 e. The van der Waals surface area contributed by atoms with Gasteiger partial charge in [0.1, 0.15) is 0 Å². The molecule has 36 heavy (non-hydrogen) atoms. The number of aliphatic hydroxyl groups excluding tert-OH is 3. The minimum Gasteiger partial charge on any atom is -0.481 e. The van der Waals surface area contributed by atoms with E-state index in [9.17, 15) is 30.3 Å². The number of allylic oxidation sites excluding steroid dienone is 1. The fraction of sp³-hybridized carbons (Fsp3) is 0.900. The van der Waals surface area contributed by atoms with E-state index in [4.69, 9.17) is 0 Å². The molecule has 0 aromatic carbocycles. The number of rotatable bonds is 1. The third kappa shape index (κ3) is 2.85. The van der Waals surface area contributed by atoms with E-state index in [1.165, 1.54) is 0 Å². The van der Waals surface area contributed by atoms with Crippen molar-refractivity contribution in [3.63, 3.8) is 0 Å². The Morgan fingerprint density at radius 1 is 0.972 bits per heavy atom. The van der Waals surface area contributed by atoms with Gasteiger partial charge in [-0.2, -0.15) is 0 Å². The Kier molecular flexibility index (Phi) is 5.61. The zero-order chi connectivity index (χ0) is 26.9. The molecule has 4 fully saturated rings. The maximum absolute atomic E-state index is 12.8. The van der Waals surface area contributed by atoms with Crippen LogP contribution in [0.4, 0.5) is 0 Å². The smallest absolute Gasteiger partial charge is 0.310 e. The summed E-state index contributed by atoms with van der Waals surface area (Å²) in [5, 5.41) is 56.3. The van der Waals surface area contributed by atoms with Gasteiger partial charge in [-0.1, -0.05) is 53.2 Å². The second-order valence-electron chi connectivity index (χ2n) is 15.0. The quantitative estimate of drug-likeness (QED) is 0.343. The van der Waals surface area contributed by atoms with E-state index in [1.807, 2.05) is 27.7 Å². The van der Waals surface area contributed by atoms with Gasteiger partial charge in [-0.05, 0) is 85.9 Å². The van der Waals surface area contributed by atoms with Crippen LogP contribution in [0.25, 0.3) is 0 Å². The lowest BCUT2D eigenvalue weighted by Crippen LogP contribution is -2.71. The molecule has 0 aliphatic heterocycles. The van der Waals surface area contributed by atoms with E-state index in [0.717, 1.165) is 5.57 Å². The van der Waals surface area contributed by atoms with Gasteiger partial charge >= 0.3 is 5.97 Å². The van der Waals surface area contributed by atoms with Crippen LogP contribution in [-0.4, -0.2) is 55.4 Å². The number of carboxylic acids is 1. The Bertz CT molecular complexity index is 986. The molecule has 0 saturated heterocycles. The summed E-state index contributed by atoms with van der Waals surface area (Å²) in [6.07, 6.45) is 4.08. The van der Waals surface area contributed by atoms with E-state index < -0.39 is 57.5 Å². The number of hydrogen-bond acceptors (Lipinski definition) is 5. The molecule has 4 saturated carbocycles. The van der Waals surface area contributed by atoms with Gasteiger partial charge < -0.3 is 25.5 Å². The molecule has 5 aliphatic carbocycles. The molecule has 0 heterocycles. The first-order valence-electron chi connectivity index (χ1n) is 14.1. The molecule has 0 radical (unpaired) electrons. The highest BCUT2D eigenvalue weighted by atomic mass is 16.4. The van der Waals surface area contributed by atoms with Gasteiger partial charge in [-0.3, -0.25) is 4.79 Å². The Hall–Kier alpha value is -0.950. The summed E-state index contributed by atoms with van der Waals surface area (Å²) < 4.78 is 0. The van der Waals surface area contributed by atoms with Crippen LogP contribution in [0.3, 0.4) is 0 Å². The average molecular weight is 505 g/mol. The molecule has 5 N–H and O–H groups in total. The molecule has 0 aromatic heterocycles. The maximum Gasteiger partial charge on any atom is 0.310 e. The van der Waals surface area contributed by atoms with Crippen LogP contribution < -0.4 is 0 Å². The molecule has 204 valence electrons. The van der Waals surface area contributed by atoms with E-state index in [-0.39, 0.29) is 23.2 Å². The van der Waals surface area contributed by atoms with E-state index >= 15 is 0 Å². The molecule has 0 spiro atoms. The van der Waals surface area contributed by atoms with Gasteiger partial charge in [-0.25, -0.2) is 0 Å². The molecule has 0 bridgehead atoms. The SMILES string of the molecule is C[C@@H]1CC[C@]2(C(=O)O)CC[C@]3(C)C(=CC[C@@H]4[C@@]5(C)C[C@H](O)[C@@H](O)C(C)(C)[C@@H]5C[C@H](O)[C@]43C)[C@@H]2[C@]1(C)O. The lowest BCUT2D eigenvalue weighted by Gasteiger charge is -2.73. The van der Waals surface area contributed by atoms with Crippen molar-refractivity contribution in [1.82, 2.24) is 0 Å². The average Bonchev–Trinajstić information content (AvgIpc) is 2.77. The highest BCUT2D eigenvalue weighted by molar-refractivity contribution is 5.77. The van der Waals surface area contributed by atoms with Crippen LogP contribution >= 0.6 is 0 Å². The minimum atomic E-state index is -1.15. The van der Waals surface area contributed by atoms with Crippen molar-refractivity contribution in [2.24, 2.45) is 50.7 Å². The molecular weight excluding hydrogens is 456 g/mol. The fourth-order valence-corrected chi connectivity index (χ4v) is 10.9. The summed E-state index contributed by atoms with van der Waals surface area (Å²) in [4.78, 5) is 12.8. The van der Waals surface area contributed by atoms with Gasteiger partial charge in [0, 0.05) is 11.3 Å². The van der Waals surface area contributed by atoms with Crippen molar-refractivity contribution < 1.29 is 30.3 Å². The van der Waals surface area contributed by atoms with Crippen LogP contribution in [0.15, 0.2) is 11.6 Å². The first-order chi connectivity index (χ1) is 16.4. The number of aliphatic hydroxyl groups is 4. The summed E-state index contributed by atoms with van der Waals surface area (Å²) in [6, 6.07) is 0. The summed E-state index contributed by atoms with van der Waals surface area (Å²) in [5.41, 5.74) is -2.93. The summed E-state index contributed by atoms with van der Waals surface area (Å²) in [5.74, 6) is -1.20. The number of aliphatic carboxylic acids is 1. The zero-order valence-electron chi connectivity index (χ0n) is 23.2. The summed E-state index contributed by atoms with van der Waals surface area (Å²) in [7, 11) is 0. The highest BCUT2D eigenvalue weighted by Crippen LogP contribution is 2.76. The second-order valence-corrected chi connectivity index (χ2v) is 15.0. The van der Waals surface area contributed by atoms with E-state index in [2.05, 4.69) is 26.8 Å².